The molecule has 0 spiro atoms. The van der Waals surface area contributed by atoms with E-state index >= 15 is 0 Å². The van der Waals surface area contributed by atoms with Crippen molar-refractivity contribution in [1.29, 1.82) is 0 Å². The van der Waals surface area contributed by atoms with E-state index in [0.29, 0.717) is 5.02 Å². The number of rotatable bonds is 5. The van der Waals surface area contributed by atoms with Gasteiger partial charge in [0, 0.05) is 16.8 Å². The first-order chi connectivity index (χ1) is 11.4. The van der Waals surface area contributed by atoms with Crippen LogP contribution >= 0.6 is 11.6 Å². The maximum Gasteiger partial charge on any atom is 0.338 e. The molecule has 0 atom stereocenters. The number of anilines is 1. The van der Waals surface area contributed by atoms with E-state index in [2.05, 4.69) is 5.32 Å². The molecule has 0 heterocycles. The van der Waals surface area contributed by atoms with Crippen molar-refractivity contribution in [3.8, 4) is 0 Å². The molecule has 24 heavy (non-hydrogen) atoms. The van der Waals surface area contributed by atoms with E-state index in [1.807, 2.05) is 0 Å². The highest BCUT2D eigenvalue weighted by Crippen LogP contribution is 2.21. The van der Waals surface area contributed by atoms with E-state index in [9.17, 15) is 24.1 Å². The Hall–Kier alpha value is -3.00. The Kier molecular flexibility index (Phi) is 5.43. The monoisotopic (exact) mass is 352 g/mol. The number of nitrogens with one attached hydrogen (secondary N) is 1. The number of carbonyl (C=O) groups is 2. The third-order valence-corrected chi connectivity index (χ3v) is 3.06. The molecule has 0 saturated carbocycles. The zero-order valence-corrected chi connectivity index (χ0v) is 12.7. The van der Waals surface area contributed by atoms with Crippen LogP contribution in [0.2, 0.25) is 5.02 Å². The summed E-state index contributed by atoms with van der Waals surface area (Å²) < 4.78 is 18.0. The molecule has 9 heteroatoms. The van der Waals surface area contributed by atoms with Crippen LogP contribution in [-0.2, 0) is 9.53 Å². The fourth-order valence-electron chi connectivity index (χ4n) is 1.76. The molecule has 0 aromatic heterocycles. The Bertz CT molecular complexity index is 812. The molecule has 7 nitrogen and oxygen atoms in total. The Labute approximate surface area is 140 Å². The van der Waals surface area contributed by atoms with E-state index in [1.54, 1.807) is 12.1 Å². The number of carbonyl (C=O) groups excluding carboxylic acids is 2. The standard InChI is InChI=1S/C15H10ClFN2O5/c16-10-3-1-2-9(6-10)15(21)24-8-14(20)18-11-4-5-12(17)13(7-11)19(22)23/h1-7H,8H2,(H,18,20). The van der Waals surface area contributed by atoms with Gasteiger partial charge in [0.15, 0.2) is 6.61 Å². The van der Waals surface area contributed by atoms with Gasteiger partial charge in [0.05, 0.1) is 10.5 Å². The number of hydrogen-bond acceptors (Lipinski definition) is 5. The topological polar surface area (TPSA) is 98.5 Å². The number of nitrogens with zero attached hydrogens (tertiary/aromatic N) is 1. The number of halogens is 2. The molecular formula is C15H10ClFN2O5. The number of nitro benzene ring substituents is 1. The van der Waals surface area contributed by atoms with Gasteiger partial charge in [-0.05, 0) is 30.3 Å². The molecule has 0 fully saturated rings. The second kappa shape index (κ2) is 7.51. The molecule has 0 unspecified atom stereocenters. The average Bonchev–Trinajstić information content (AvgIpc) is 2.54. The second-order valence-corrected chi connectivity index (χ2v) is 4.99. The highest BCUT2D eigenvalue weighted by atomic mass is 35.5. The minimum atomic E-state index is -1.02. The van der Waals surface area contributed by atoms with E-state index in [-0.39, 0.29) is 11.3 Å². The molecule has 0 aliphatic carbocycles. The van der Waals surface area contributed by atoms with Crippen LogP contribution in [0.1, 0.15) is 10.4 Å². The van der Waals surface area contributed by atoms with Crippen molar-refractivity contribution < 1.29 is 23.6 Å². The first kappa shape index (κ1) is 17.4. The van der Waals surface area contributed by atoms with Gasteiger partial charge >= 0.3 is 11.7 Å². The molecule has 0 bridgehead atoms. The summed E-state index contributed by atoms with van der Waals surface area (Å²) in [4.78, 5) is 33.2. The fraction of sp³-hybridized carbons (Fsp3) is 0.0667. The summed E-state index contributed by atoms with van der Waals surface area (Å²) in [5.41, 5.74) is -0.594. The molecular weight excluding hydrogens is 343 g/mol. The Balaban J connectivity index is 1.95. The second-order valence-electron chi connectivity index (χ2n) is 4.56. The third kappa shape index (κ3) is 4.50. The summed E-state index contributed by atoms with van der Waals surface area (Å²) in [5, 5.41) is 13.2. The van der Waals surface area contributed by atoms with Crippen LogP contribution in [0.5, 0.6) is 0 Å². The maximum absolute atomic E-state index is 13.2. The number of benzene rings is 2. The van der Waals surface area contributed by atoms with Gasteiger partial charge in [0.2, 0.25) is 5.82 Å². The van der Waals surface area contributed by atoms with Crippen molar-refractivity contribution >= 4 is 34.9 Å². The molecule has 124 valence electrons. The van der Waals surface area contributed by atoms with Crippen molar-refractivity contribution in [3.63, 3.8) is 0 Å². The Morgan fingerprint density at radius 2 is 2.00 bits per heavy atom. The molecule has 2 aromatic rings. The van der Waals surface area contributed by atoms with E-state index in [1.165, 1.54) is 12.1 Å². The van der Waals surface area contributed by atoms with Crippen LogP contribution in [0, 0.1) is 15.9 Å². The molecule has 1 amide bonds. The van der Waals surface area contributed by atoms with Gasteiger partial charge in [-0.15, -0.1) is 0 Å². The Morgan fingerprint density at radius 3 is 2.67 bits per heavy atom. The van der Waals surface area contributed by atoms with Crippen LogP contribution in [0.15, 0.2) is 42.5 Å². The number of esters is 1. The average molecular weight is 353 g/mol. The maximum atomic E-state index is 13.2. The summed E-state index contributed by atoms with van der Waals surface area (Å²) in [5.74, 6) is -2.51. The molecule has 0 radical (unpaired) electrons. The summed E-state index contributed by atoms with van der Waals surface area (Å²) in [7, 11) is 0. The largest absolute Gasteiger partial charge is 0.452 e. The van der Waals surface area contributed by atoms with Crippen LogP contribution in [-0.4, -0.2) is 23.4 Å². The lowest BCUT2D eigenvalue weighted by atomic mass is 10.2. The van der Waals surface area contributed by atoms with Gasteiger partial charge in [-0.2, -0.15) is 4.39 Å². The van der Waals surface area contributed by atoms with E-state index < -0.39 is 34.9 Å². The predicted molar refractivity (Wildman–Crippen MR) is 83.4 cm³/mol. The first-order valence-corrected chi connectivity index (χ1v) is 6.91. The predicted octanol–water partition coefficient (Wildman–Crippen LogP) is 3.18. The van der Waals surface area contributed by atoms with Gasteiger partial charge in [-0.25, -0.2) is 4.79 Å². The number of ether oxygens (including phenoxy) is 1. The summed E-state index contributed by atoms with van der Waals surface area (Å²) >= 11 is 5.74. The summed E-state index contributed by atoms with van der Waals surface area (Å²) in [6.07, 6.45) is 0. The zero-order valence-electron chi connectivity index (χ0n) is 12.0. The molecule has 2 rings (SSSR count). The minimum Gasteiger partial charge on any atom is -0.452 e. The number of nitro groups is 1. The van der Waals surface area contributed by atoms with Gasteiger partial charge < -0.3 is 10.1 Å². The van der Waals surface area contributed by atoms with Crippen molar-refractivity contribution in [2.45, 2.75) is 0 Å². The number of hydrogen-bond donors (Lipinski definition) is 1. The molecule has 0 aliphatic rings. The van der Waals surface area contributed by atoms with E-state index in [0.717, 1.165) is 18.2 Å². The molecule has 0 aliphatic heterocycles. The summed E-state index contributed by atoms with van der Waals surface area (Å²) in [6, 6.07) is 8.85. The Morgan fingerprint density at radius 1 is 1.25 bits per heavy atom. The first-order valence-electron chi connectivity index (χ1n) is 6.53. The SMILES string of the molecule is O=C(COC(=O)c1cccc(Cl)c1)Nc1ccc(F)c([N+](=O)[O-])c1. The highest BCUT2D eigenvalue weighted by Gasteiger charge is 2.16. The third-order valence-electron chi connectivity index (χ3n) is 2.82. The van der Waals surface area contributed by atoms with Gasteiger partial charge in [0.1, 0.15) is 0 Å². The quantitative estimate of drug-likeness (QED) is 0.506. The van der Waals surface area contributed by atoms with Crippen molar-refractivity contribution in [1.82, 2.24) is 0 Å². The lowest BCUT2D eigenvalue weighted by Crippen LogP contribution is -2.21. The summed E-state index contributed by atoms with van der Waals surface area (Å²) in [6.45, 7) is -0.615. The van der Waals surface area contributed by atoms with Crippen molar-refractivity contribution in [2.24, 2.45) is 0 Å². The zero-order chi connectivity index (χ0) is 17.7. The lowest BCUT2D eigenvalue weighted by molar-refractivity contribution is -0.387. The molecule has 0 saturated heterocycles. The van der Waals surface area contributed by atoms with Crippen LogP contribution in [0.3, 0.4) is 0 Å². The van der Waals surface area contributed by atoms with E-state index in [4.69, 9.17) is 16.3 Å². The van der Waals surface area contributed by atoms with Crippen LogP contribution in [0.25, 0.3) is 0 Å². The van der Waals surface area contributed by atoms with Gasteiger partial charge in [0.25, 0.3) is 5.91 Å². The molecule has 1 N–H and O–H groups in total. The molecule has 2 aromatic carbocycles. The number of amides is 1. The van der Waals surface area contributed by atoms with Crippen LogP contribution < -0.4 is 5.32 Å². The van der Waals surface area contributed by atoms with Gasteiger partial charge in [-0.1, -0.05) is 17.7 Å². The van der Waals surface area contributed by atoms with Crippen molar-refractivity contribution in [2.75, 3.05) is 11.9 Å². The highest BCUT2D eigenvalue weighted by molar-refractivity contribution is 6.30. The normalized spacial score (nSPS) is 10.1. The van der Waals surface area contributed by atoms with Crippen molar-refractivity contribution in [3.05, 3.63) is 69.0 Å². The smallest absolute Gasteiger partial charge is 0.338 e. The van der Waals surface area contributed by atoms with Crippen LogP contribution in [0.4, 0.5) is 15.8 Å². The lowest BCUT2D eigenvalue weighted by Gasteiger charge is -2.07. The van der Waals surface area contributed by atoms with Gasteiger partial charge in [-0.3, -0.25) is 14.9 Å². The minimum absolute atomic E-state index is 0.00639. The fourth-order valence-corrected chi connectivity index (χ4v) is 1.95.